The van der Waals surface area contributed by atoms with Crippen molar-refractivity contribution in [3.8, 4) is 0 Å². The van der Waals surface area contributed by atoms with Gasteiger partial charge in [-0.3, -0.25) is 0 Å². The molecular weight excluding hydrogens is 323 g/mol. The summed E-state index contributed by atoms with van der Waals surface area (Å²) in [6.07, 6.45) is 0.656. The van der Waals surface area contributed by atoms with Crippen molar-refractivity contribution in [2.24, 2.45) is 0 Å². The minimum atomic E-state index is -0.265. The van der Waals surface area contributed by atoms with Gasteiger partial charge in [0, 0.05) is 11.0 Å². The lowest BCUT2D eigenvalue weighted by Gasteiger charge is -2.09. The van der Waals surface area contributed by atoms with Crippen LogP contribution in [-0.4, -0.2) is 12.6 Å². The Morgan fingerprint density at radius 3 is 2.50 bits per heavy atom. The Labute approximate surface area is 125 Å². The number of hydrogen-bond donors (Lipinski definition) is 2. The first kappa shape index (κ1) is 14.5. The molecule has 2 amide bonds. The lowest BCUT2D eigenvalue weighted by atomic mass is 10.1. The monoisotopic (exact) mass is 336 g/mol. The standard InChI is InChI=1S/C15H14BrFN2O/c16-13-3-1-2-4-14(13)19-15(20)18-10-9-11-5-7-12(17)8-6-11/h1-8H,9-10H2,(H2,18,19,20). The van der Waals surface area contributed by atoms with Gasteiger partial charge in [-0.25, -0.2) is 9.18 Å². The maximum absolute atomic E-state index is 12.7. The topological polar surface area (TPSA) is 41.1 Å². The van der Waals surface area contributed by atoms with Gasteiger partial charge in [0.1, 0.15) is 5.82 Å². The van der Waals surface area contributed by atoms with E-state index in [2.05, 4.69) is 26.6 Å². The van der Waals surface area contributed by atoms with E-state index in [1.165, 1.54) is 12.1 Å². The van der Waals surface area contributed by atoms with Crippen LogP contribution in [0.2, 0.25) is 0 Å². The average Bonchev–Trinajstić information content (AvgIpc) is 2.44. The molecule has 5 heteroatoms. The third-order valence-electron chi connectivity index (χ3n) is 2.73. The van der Waals surface area contributed by atoms with Crippen LogP contribution in [0, 0.1) is 5.82 Å². The number of carbonyl (C=O) groups is 1. The smallest absolute Gasteiger partial charge is 0.319 e. The largest absolute Gasteiger partial charge is 0.338 e. The minimum Gasteiger partial charge on any atom is -0.338 e. The number of hydrogen-bond acceptors (Lipinski definition) is 1. The fourth-order valence-electron chi connectivity index (χ4n) is 1.70. The summed E-state index contributed by atoms with van der Waals surface area (Å²) in [5.74, 6) is -0.256. The Morgan fingerprint density at radius 2 is 1.80 bits per heavy atom. The zero-order valence-corrected chi connectivity index (χ0v) is 12.3. The van der Waals surface area contributed by atoms with Gasteiger partial charge < -0.3 is 10.6 Å². The highest BCUT2D eigenvalue weighted by Gasteiger charge is 2.03. The van der Waals surface area contributed by atoms with Crippen LogP contribution >= 0.6 is 15.9 Å². The van der Waals surface area contributed by atoms with E-state index in [0.29, 0.717) is 18.7 Å². The molecular formula is C15H14BrFN2O. The Bertz CT molecular complexity index is 587. The van der Waals surface area contributed by atoms with Crippen molar-refractivity contribution in [3.05, 3.63) is 64.4 Å². The second-order valence-corrected chi connectivity index (χ2v) is 5.09. The summed E-state index contributed by atoms with van der Waals surface area (Å²) in [4.78, 5) is 11.7. The molecule has 2 N–H and O–H groups in total. The quantitative estimate of drug-likeness (QED) is 0.871. The van der Waals surface area contributed by atoms with Gasteiger partial charge in [0.2, 0.25) is 0 Å². The molecule has 2 aromatic rings. The van der Waals surface area contributed by atoms with Gasteiger partial charge in [0.05, 0.1) is 5.69 Å². The number of carbonyl (C=O) groups excluding carboxylic acids is 1. The number of amides is 2. The average molecular weight is 337 g/mol. The minimum absolute atomic E-state index is 0.256. The molecule has 0 aliphatic heterocycles. The molecule has 0 aliphatic carbocycles. The van der Waals surface area contributed by atoms with Crippen molar-refractivity contribution in [3.63, 3.8) is 0 Å². The van der Waals surface area contributed by atoms with Crippen LogP contribution in [0.5, 0.6) is 0 Å². The molecule has 20 heavy (non-hydrogen) atoms. The van der Waals surface area contributed by atoms with Gasteiger partial charge in [-0.1, -0.05) is 24.3 Å². The van der Waals surface area contributed by atoms with Crippen molar-refractivity contribution < 1.29 is 9.18 Å². The molecule has 0 saturated carbocycles. The molecule has 0 bridgehead atoms. The Balaban J connectivity index is 1.78. The SMILES string of the molecule is O=C(NCCc1ccc(F)cc1)Nc1ccccc1Br. The summed E-state index contributed by atoms with van der Waals surface area (Å²) < 4.78 is 13.6. The second kappa shape index (κ2) is 7.05. The van der Waals surface area contributed by atoms with Crippen LogP contribution in [0.1, 0.15) is 5.56 Å². The Hall–Kier alpha value is -1.88. The van der Waals surface area contributed by atoms with Crippen LogP contribution in [-0.2, 0) is 6.42 Å². The first-order valence-corrected chi connectivity index (χ1v) is 6.98. The van der Waals surface area contributed by atoms with Crippen LogP contribution in [0.3, 0.4) is 0 Å². The maximum atomic E-state index is 12.7. The summed E-state index contributed by atoms with van der Waals surface area (Å²) in [5.41, 5.74) is 1.69. The first-order chi connectivity index (χ1) is 9.65. The van der Waals surface area contributed by atoms with E-state index >= 15 is 0 Å². The highest BCUT2D eigenvalue weighted by Crippen LogP contribution is 2.20. The highest BCUT2D eigenvalue weighted by atomic mass is 79.9. The van der Waals surface area contributed by atoms with Crippen LogP contribution in [0.15, 0.2) is 53.0 Å². The molecule has 2 aromatic carbocycles. The van der Waals surface area contributed by atoms with E-state index < -0.39 is 0 Å². The summed E-state index contributed by atoms with van der Waals surface area (Å²) >= 11 is 3.36. The number of urea groups is 1. The van der Waals surface area contributed by atoms with E-state index in [9.17, 15) is 9.18 Å². The Kier molecular flexibility index (Phi) is 5.12. The number of benzene rings is 2. The molecule has 0 aliphatic rings. The second-order valence-electron chi connectivity index (χ2n) is 4.24. The predicted octanol–water partition coefficient (Wildman–Crippen LogP) is 3.95. The zero-order chi connectivity index (χ0) is 14.4. The van der Waals surface area contributed by atoms with Gasteiger partial charge in [-0.15, -0.1) is 0 Å². The van der Waals surface area contributed by atoms with Crippen molar-refractivity contribution in [1.29, 1.82) is 0 Å². The van der Waals surface area contributed by atoms with E-state index in [0.717, 1.165) is 10.0 Å². The number of rotatable bonds is 4. The normalized spacial score (nSPS) is 10.1. The van der Waals surface area contributed by atoms with Gasteiger partial charge in [-0.05, 0) is 52.2 Å². The predicted molar refractivity (Wildman–Crippen MR) is 81.3 cm³/mol. The number of para-hydroxylation sites is 1. The molecule has 104 valence electrons. The van der Waals surface area contributed by atoms with Crippen LogP contribution < -0.4 is 10.6 Å². The third kappa shape index (κ3) is 4.35. The molecule has 0 saturated heterocycles. The lowest BCUT2D eigenvalue weighted by Crippen LogP contribution is -2.30. The number of nitrogens with one attached hydrogen (secondary N) is 2. The van der Waals surface area contributed by atoms with Crippen molar-refractivity contribution in [1.82, 2.24) is 5.32 Å². The first-order valence-electron chi connectivity index (χ1n) is 6.19. The third-order valence-corrected chi connectivity index (χ3v) is 3.43. The molecule has 0 heterocycles. The summed E-state index contributed by atoms with van der Waals surface area (Å²) in [5, 5.41) is 5.51. The molecule has 2 rings (SSSR count). The fourth-order valence-corrected chi connectivity index (χ4v) is 2.08. The molecule has 0 fully saturated rings. The van der Waals surface area contributed by atoms with Gasteiger partial charge in [0.15, 0.2) is 0 Å². The Morgan fingerprint density at radius 1 is 1.10 bits per heavy atom. The van der Waals surface area contributed by atoms with Crippen LogP contribution in [0.25, 0.3) is 0 Å². The molecule has 0 radical (unpaired) electrons. The van der Waals surface area contributed by atoms with Crippen molar-refractivity contribution in [2.45, 2.75) is 6.42 Å². The molecule has 0 spiro atoms. The highest BCUT2D eigenvalue weighted by molar-refractivity contribution is 9.10. The van der Waals surface area contributed by atoms with Gasteiger partial charge in [0.25, 0.3) is 0 Å². The molecule has 0 aromatic heterocycles. The summed E-state index contributed by atoms with van der Waals surface area (Å²) in [6, 6.07) is 13.4. The van der Waals surface area contributed by atoms with E-state index in [1.54, 1.807) is 12.1 Å². The van der Waals surface area contributed by atoms with Crippen molar-refractivity contribution >= 4 is 27.6 Å². The van der Waals surface area contributed by atoms with Gasteiger partial charge >= 0.3 is 6.03 Å². The number of halogens is 2. The fraction of sp³-hybridized carbons (Fsp3) is 0.133. The van der Waals surface area contributed by atoms with Gasteiger partial charge in [-0.2, -0.15) is 0 Å². The van der Waals surface area contributed by atoms with E-state index in [-0.39, 0.29) is 11.8 Å². The van der Waals surface area contributed by atoms with Crippen LogP contribution in [0.4, 0.5) is 14.9 Å². The maximum Gasteiger partial charge on any atom is 0.319 e. The molecule has 0 atom stereocenters. The number of anilines is 1. The zero-order valence-electron chi connectivity index (χ0n) is 10.7. The van der Waals surface area contributed by atoms with E-state index in [4.69, 9.17) is 0 Å². The summed E-state index contributed by atoms with van der Waals surface area (Å²) in [6.45, 7) is 0.488. The lowest BCUT2D eigenvalue weighted by molar-refractivity contribution is 0.252. The summed E-state index contributed by atoms with van der Waals surface area (Å²) in [7, 11) is 0. The molecule has 0 unspecified atom stereocenters. The van der Waals surface area contributed by atoms with E-state index in [1.807, 2.05) is 24.3 Å². The van der Waals surface area contributed by atoms with Crippen molar-refractivity contribution in [2.75, 3.05) is 11.9 Å². The molecule has 3 nitrogen and oxygen atoms in total.